The Morgan fingerprint density at radius 2 is 1.77 bits per heavy atom. The van der Waals surface area contributed by atoms with Crippen LogP contribution < -0.4 is 10.0 Å². The van der Waals surface area contributed by atoms with E-state index in [1.807, 2.05) is 17.5 Å². The molecule has 10 heteroatoms. The van der Waals surface area contributed by atoms with Gasteiger partial charge in [0, 0.05) is 17.3 Å². The molecule has 4 rings (SSSR count). The van der Waals surface area contributed by atoms with Gasteiger partial charge >= 0.3 is 0 Å². The van der Waals surface area contributed by atoms with Crippen LogP contribution in [0.3, 0.4) is 0 Å². The molecule has 4 aromatic rings. The van der Waals surface area contributed by atoms with Crippen LogP contribution in [0.15, 0.2) is 77.0 Å². The number of carbonyl (C=O) groups excluding carboxylic acids is 1. The number of H-pyrrole nitrogens is 1. The van der Waals surface area contributed by atoms with Gasteiger partial charge in [-0.25, -0.2) is 12.8 Å². The Labute approximate surface area is 175 Å². The van der Waals surface area contributed by atoms with Crippen LogP contribution in [0.4, 0.5) is 15.9 Å². The van der Waals surface area contributed by atoms with Gasteiger partial charge in [0.2, 0.25) is 0 Å². The minimum atomic E-state index is -3.87. The van der Waals surface area contributed by atoms with Crippen molar-refractivity contribution in [2.75, 3.05) is 10.0 Å². The van der Waals surface area contributed by atoms with E-state index in [2.05, 4.69) is 20.2 Å². The molecule has 30 heavy (non-hydrogen) atoms. The number of hydrogen-bond acceptors (Lipinski definition) is 5. The van der Waals surface area contributed by atoms with Crippen molar-refractivity contribution in [3.8, 4) is 10.6 Å². The zero-order valence-corrected chi connectivity index (χ0v) is 16.9. The van der Waals surface area contributed by atoms with Crippen molar-refractivity contribution in [2.24, 2.45) is 0 Å². The zero-order valence-electron chi connectivity index (χ0n) is 15.3. The number of hydrogen-bond donors (Lipinski definition) is 3. The first kappa shape index (κ1) is 19.8. The van der Waals surface area contributed by atoms with Gasteiger partial charge in [0.15, 0.2) is 5.82 Å². The lowest BCUT2D eigenvalue weighted by atomic mass is 10.2. The predicted molar refractivity (Wildman–Crippen MR) is 114 cm³/mol. The molecule has 0 aliphatic heterocycles. The minimum Gasteiger partial charge on any atom is -0.305 e. The third-order valence-corrected chi connectivity index (χ3v) is 6.43. The first-order valence-corrected chi connectivity index (χ1v) is 11.1. The van der Waals surface area contributed by atoms with Gasteiger partial charge in [0.25, 0.3) is 15.9 Å². The first-order valence-electron chi connectivity index (χ1n) is 8.70. The Morgan fingerprint density at radius 1 is 1.03 bits per heavy atom. The topological polar surface area (TPSA) is 104 Å². The third-order valence-electron chi connectivity index (χ3n) is 4.13. The quantitative estimate of drug-likeness (QED) is 0.413. The maximum atomic E-state index is 13.0. The fourth-order valence-corrected chi connectivity index (χ4v) is 4.40. The van der Waals surface area contributed by atoms with E-state index in [0.29, 0.717) is 5.82 Å². The van der Waals surface area contributed by atoms with E-state index in [-0.39, 0.29) is 16.1 Å². The lowest BCUT2D eigenvalue weighted by Crippen LogP contribution is -2.15. The van der Waals surface area contributed by atoms with Gasteiger partial charge in [-0.15, -0.1) is 11.3 Å². The van der Waals surface area contributed by atoms with E-state index in [9.17, 15) is 17.6 Å². The van der Waals surface area contributed by atoms with E-state index < -0.39 is 21.7 Å². The van der Waals surface area contributed by atoms with Gasteiger partial charge < -0.3 is 5.32 Å². The van der Waals surface area contributed by atoms with Gasteiger partial charge in [-0.1, -0.05) is 6.07 Å². The Hall–Kier alpha value is -3.50. The molecule has 0 saturated heterocycles. The smallest absolute Gasteiger partial charge is 0.261 e. The summed E-state index contributed by atoms with van der Waals surface area (Å²) >= 11 is 1.54. The number of carbonyl (C=O) groups is 1. The average molecular weight is 442 g/mol. The lowest BCUT2D eigenvalue weighted by molar-refractivity contribution is 0.102. The van der Waals surface area contributed by atoms with E-state index in [1.54, 1.807) is 17.4 Å². The number of halogens is 1. The molecule has 2 aromatic heterocycles. The minimum absolute atomic E-state index is 0.0249. The monoisotopic (exact) mass is 442 g/mol. The van der Waals surface area contributed by atoms with Gasteiger partial charge in [0.05, 0.1) is 15.5 Å². The van der Waals surface area contributed by atoms with Crippen LogP contribution in [-0.2, 0) is 10.0 Å². The summed E-state index contributed by atoms with van der Waals surface area (Å²) in [6.45, 7) is 0. The number of nitrogens with one attached hydrogen (secondary N) is 3. The highest BCUT2D eigenvalue weighted by atomic mass is 32.2. The van der Waals surface area contributed by atoms with E-state index in [1.165, 1.54) is 36.4 Å². The molecule has 0 atom stereocenters. The lowest BCUT2D eigenvalue weighted by Gasteiger charge is -2.09. The molecule has 152 valence electrons. The molecular formula is C20H15FN4O3S2. The molecule has 0 bridgehead atoms. The molecule has 0 fully saturated rings. The Bertz CT molecular complexity index is 1270. The predicted octanol–water partition coefficient (Wildman–Crippen LogP) is 4.33. The molecule has 0 radical (unpaired) electrons. The van der Waals surface area contributed by atoms with Gasteiger partial charge in [-0.05, 0) is 60.0 Å². The number of sulfonamides is 1. The van der Waals surface area contributed by atoms with Gasteiger partial charge in [0.1, 0.15) is 5.82 Å². The molecule has 3 N–H and O–H groups in total. The number of aromatic amines is 1. The van der Waals surface area contributed by atoms with Crippen molar-refractivity contribution >= 4 is 38.8 Å². The maximum Gasteiger partial charge on any atom is 0.261 e. The number of nitrogens with zero attached hydrogens (tertiary/aromatic N) is 1. The highest BCUT2D eigenvalue weighted by Gasteiger charge is 2.16. The highest BCUT2D eigenvalue weighted by molar-refractivity contribution is 7.92. The molecule has 2 heterocycles. The van der Waals surface area contributed by atoms with Crippen molar-refractivity contribution in [3.63, 3.8) is 0 Å². The van der Waals surface area contributed by atoms with Crippen LogP contribution in [0.1, 0.15) is 10.4 Å². The second-order valence-electron chi connectivity index (χ2n) is 6.24. The van der Waals surface area contributed by atoms with Crippen molar-refractivity contribution < 1.29 is 17.6 Å². The number of rotatable bonds is 6. The number of thiophene rings is 1. The number of anilines is 2. The summed E-state index contributed by atoms with van der Waals surface area (Å²) in [6, 6.07) is 16.0. The Kier molecular flexibility index (Phi) is 5.34. The van der Waals surface area contributed by atoms with Gasteiger partial charge in [-0.2, -0.15) is 5.10 Å². The van der Waals surface area contributed by atoms with E-state index >= 15 is 0 Å². The summed E-state index contributed by atoms with van der Waals surface area (Å²) in [5.74, 6) is -0.527. The largest absolute Gasteiger partial charge is 0.305 e. The third kappa shape index (κ3) is 4.39. The van der Waals surface area contributed by atoms with Crippen LogP contribution in [0.5, 0.6) is 0 Å². The molecule has 0 saturated carbocycles. The van der Waals surface area contributed by atoms with E-state index in [4.69, 9.17) is 0 Å². The standard InChI is InChI=1S/C20H15FN4O3S2/c21-14-5-7-15(8-6-14)25-30(27,28)16-9-3-13(4-10-16)20(26)22-19-12-17(23-24-19)18-2-1-11-29-18/h1-12,25H,(H2,22,23,24,26). The molecule has 2 aromatic carbocycles. The summed E-state index contributed by atoms with van der Waals surface area (Å²) in [7, 11) is -3.87. The second kappa shape index (κ2) is 8.09. The van der Waals surface area contributed by atoms with Crippen molar-refractivity contribution in [2.45, 2.75) is 4.90 Å². The molecule has 7 nitrogen and oxygen atoms in total. The number of benzene rings is 2. The van der Waals surface area contributed by atoms with Crippen molar-refractivity contribution in [1.29, 1.82) is 0 Å². The first-order chi connectivity index (χ1) is 14.4. The summed E-state index contributed by atoms with van der Waals surface area (Å²) in [6.07, 6.45) is 0. The summed E-state index contributed by atoms with van der Waals surface area (Å²) in [5, 5.41) is 11.5. The summed E-state index contributed by atoms with van der Waals surface area (Å²) in [4.78, 5) is 13.4. The Balaban J connectivity index is 1.45. The Morgan fingerprint density at radius 3 is 2.43 bits per heavy atom. The SMILES string of the molecule is O=C(Nc1cc(-c2cccs2)[nH]n1)c1ccc(S(=O)(=O)Nc2ccc(F)cc2)cc1. The number of aromatic nitrogens is 2. The molecule has 0 unspecified atom stereocenters. The normalized spacial score (nSPS) is 11.2. The zero-order chi connectivity index (χ0) is 21.1. The molecule has 0 spiro atoms. The average Bonchev–Trinajstić information content (AvgIpc) is 3.41. The van der Waals surface area contributed by atoms with Crippen LogP contribution in [0, 0.1) is 5.82 Å². The fraction of sp³-hybridized carbons (Fsp3) is 0. The summed E-state index contributed by atoms with van der Waals surface area (Å²) < 4.78 is 40.2. The summed E-state index contributed by atoms with van der Waals surface area (Å²) in [5.41, 5.74) is 1.29. The highest BCUT2D eigenvalue weighted by Crippen LogP contribution is 2.24. The van der Waals surface area contributed by atoms with Crippen molar-refractivity contribution in [3.05, 3.63) is 83.5 Å². The van der Waals surface area contributed by atoms with Crippen LogP contribution in [0.25, 0.3) is 10.6 Å². The number of amides is 1. The van der Waals surface area contributed by atoms with Crippen LogP contribution >= 0.6 is 11.3 Å². The van der Waals surface area contributed by atoms with Crippen LogP contribution in [-0.4, -0.2) is 24.5 Å². The van der Waals surface area contributed by atoms with Crippen LogP contribution in [0.2, 0.25) is 0 Å². The van der Waals surface area contributed by atoms with Gasteiger partial charge in [-0.3, -0.25) is 14.6 Å². The van der Waals surface area contributed by atoms with E-state index in [0.717, 1.165) is 22.7 Å². The molecule has 0 aliphatic rings. The second-order valence-corrected chi connectivity index (χ2v) is 8.87. The maximum absolute atomic E-state index is 13.0. The fourth-order valence-electron chi connectivity index (χ4n) is 2.65. The molecular weight excluding hydrogens is 427 g/mol. The van der Waals surface area contributed by atoms with Crippen molar-refractivity contribution in [1.82, 2.24) is 10.2 Å². The molecule has 0 aliphatic carbocycles. The molecule has 1 amide bonds.